The van der Waals surface area contributed by atoms with E-state index in [1.165, 1.54) is 43.5 Å². The van der Waals surface area contributed by atoms with Gasteiger partial charge in [0.1, 0.15) is 0 Å². The number of ether oxygens (including phenoxy) is 1. The van der Waals surface area contributed by atoms with Crippen LogP contribution in [0.2, 0.25) is 0 Å². The van der Waals surface area contributed by atoms with Gasteiger partial charge in [0.25, 0.3) is 0 Å². The van der Waals surface area contributed by atoms with Crippen molar-refractivity contribution in [2.75, 3.05) is 20.2 Å². The SMILES string of the molecule is COC(C)(C)c1ccccc1CC1CCNCC1. The fourth-order valence-corrected chi connectivity index (χ4v) is 2.79. The molecule has 0 aliphatic carbocycles. The number of hydrogen-bond donors (Lipinski definition) is 1. The first kappa shape index (κ1) is 13.6. The molecule has 1 N–H and O–H groups in total. The zero-order valence-electron chi connectivity index (χ0n) is 11.8. The largest absolute Gasteiger partial charge is 0.374 e. The quantitative estimate of drug-likeness (QED) is 0.882. The van der Waals surface area contributed by atoms with Gasteiger partial charge in [0, 0.05) is 7.11 Å². The zero-order chi connectivity index (χ0) is 13.0. The van der Waals surface area contributed by atoms with Crippen LogP contribution in [0.5, 0.6) is 0 Å². The molecule has 0 radical (unpaired) electrons. The summed E-state index contributed by atoms with van der Waals surface area (Å²) in [7, 11) is 1.79. The summed E-state index contributed by atoms with van der Waals surface area (Å²) < 4.78 is 5.64. The Morgan fingerprint density at radius 1 is 1.22 bits per heavy atom. The van der Waals surface area contributed by atoms with Gasteiger partial charge in [-0.25, -0.2) is 0 Å². The standard InChI is InChI=1S/C16H25NO/c1-16(2,18-3)15-7-5-4-6-14(15)12-13-8-10-17-11-9-13/h4-7,13,17H,8-12H2,1-3H3. The van der Waals surface area contributed by atoms with Crippen LogP contribution in [0, 0.1) is 5.92 Å². The molecule has 1 aromatic carbocycles. The zero-order valence-corrected chi connectivity index (χ0v) is 11.8. The maximum absolute atomic E-state index is 5.64. The van der Waals surface area contributed by atoms with Gasteiger partial charge in [-0.2, -0.15) is 0 Å². The second-order valence-electron chi connectivity index (χ2n) is 5.77. The fourth-order valence-electron chi connectivity index (χ4n) is 2.79. The summed E-state index contributed by atoms with van der Waals surface area (Å²) in [6.45, 7) is 6.63. The van der Waals surface area contributed by atoms with Crippen LogP contribution in [-0.4, -0.2) is 20.2 Å². The molecule has 100 valence electrons. The Morgan fingerprint density at radius 2 is 1.89 bits per heavy atom. The summed E-state index contributed by atoms with van der Waals surface area (Å²) in [6, 6.07) is 8.73. The minimum absolute atomic E-state index is 0.191. The van der Waals surface area contributed by atoms with Gasteiger partial charge in [0.15, 0.2) is 0 Å². The number of benzene rings is 1. The van der Waals surface area contributed by atoms with Crippen molar-refractivity contribution in [1.29, 1.82) is 0 Å². The molecule has 0 bridgehead atoms. The molecule has 2 heteroatoms. The molecular formula is C16H25NO. The van der Waals surface area contributed by atoms with E-state index < -0.39 is 0 Å². The van der Waals surface area contributed by atoms with Gasteiger partial charge in [-0.15, -0.1) is 0 Å². The minimum atomic E-state index is -0.191. The predicted molar refractivity (Wildman–Crippen MR) is 75.8 cm³/mol. The van der Waals surface area contributed by atoms with Crippen molar-refractivity contribution in [3.05, 3.63) is 35.4 Å². The molecule has 1 heterocycles. The molecule has 2 nitrogen and oxygen atoms in total. The highest BCUT2D eigenvalue weighted by atomic mass is 16.5. The van der Waals surface area contributed by atoms with E-state index in [0.717, 1.165) is 5.92 Å². The highest BCUT2D eigenvalue weighted by molar-refractivity contribution is 5.32. The molecule has 2 rings (SSSR count). The van der Waals surface area contributed by atoms with Crippen LogP contribution in [-0.2, 0) is 16.8 Å². The smallest absolute Gasteiger partial charge is 0.0874 e. The van der Waals surface area contributed by atoms with Crippen molar-refractivity contribution >= 4 is 0 Å². The molecule has 18 heavy (non-hydrogen) atoms. The molecule has 1 aliphatic rings. The maximum atomic E-state index is 5.64. The van der Waals surface area contributed by atoms with Gasteiger partial charge in [-0.05, 0) is 63.2 Å². The van der Waals surface area contributed by atoms with Crippen LogP contribution in [0.1, 0.15) is 37.8 Å². The monoisotopic (exact) mass is 247 g/mol. The summed E-state index contributed by atoms with van der Waals surface area (Å²) in [6.07, 6.45) is 3.77. The lowest BCUT2D eigenvalue weighted by Gasteiger charge is -2.29. The van der Waals surface area contributed by atoms with E-state index in [9.17, 15) is 0 Å². The van der Waals surface area contributed by atoms with Gasteiger partial charge >= 0.3 is 0 Å². The number of piperidine rings is 1. The number of rotatable bonds is 4. The van der Waals surface area contributed by atoms with E-state index in [1.807, 2.05) is 0 Å². The van der Waals surface area contributed by atoms with Crippen molar-refractivity contribution in [3.8, 4) is 0 Å². The lowest BCUT2D eigenvalue weighted by molar-refractivity contribution is 0.0183. The van der Waals surface area contributed by atoms with Crippen molar-refractivity contribution in [2.45, 2.75) is 38.7 Å². The topological polar surface area (TPSA) is 21.3 Å². The van der Waals surface area contributed by atoms with Crippen LogP contribution in [0.15, 0.2) is 24.3 Å². The summed E-state index contributed by atoms with van der Waals surface area (Å²) in [4.78, 5) is 0. The van der Waals surface area contributed by atoms with Gasteiger partial charge in [-0.1, -0.05) is 24.3 Å². The Kier molecular flexibility index (Phi) is 4.41. The summed E-state index contributed by atoms with van der Waals surface area (Å²) in [5.74, 6) is 0.819. The van der Waals surface area contributed by atoms with Crippen molar-refractivity contribution in [2.24, 2.45) is 5.92 Å². The maximum Gasteiger partial charge on any atom is 0.0874 e. The molecule has 0 unspecified atom stereocenters. The molecule has 0 amide bonds. The molecule has 0 spiro atoms. The molecule has 1 aromatic rings. The first-order valence-corrected chi connectivity index (χ1v) is 6.98. The van der Waals surface area contributed by atoms with Crippen LogP contribution in [0.25, 0.3) is 0 Å². The Morgan fingerprint density at radius 3 is 2.56 bits per heavy atom. The molecule has 0 saturated carbocycles. The van der Waals surface area contributed by atoms with Gasteiger partial charge in [0.2, 0.25) is 0 Å². The molecule has 1 saturated heterocycles. The Labute approximate surface area is 111 Å². The van der Waals surface area contributed by atoms with Crippen LogP contribution < -0.4 is 5.32 Å². The fraction of sp³-hybridized carbons (Fsp3) is 0.625. The summed E-state index contributed by atoms with van der Waals surface area (Å²) in [5, 5.41) is 3.43. The van der Waals surface area contributed by atoms with Crippen LogP contribution in [0.3, 0.4) is 0 Å². The predicted octanol–water partition coefficient (Wildman–Crippen LogP) is 3.11. The molecule has 0 aromatic heterocycles. The third kappa shape index (κ3) is 3.12. The van der Waals surface area contributed by atoms with Crippen LogP contribution in [0.4, 0.5) is 0 Å². The van der Waals surface area contributed by atoms with Gasteiger partial charge in [0.05, 0.1) is 5.60 Å². The second-order valence-corrected chi connectivity index (χ2v) is 5.77. The number of nitrogens with one attached hydrogen (secondary N) is 1. The molecule has 0 atom stereocenters. The van der Waals surface area contributed by atoms with E-state index in [4.69, 9.17) is 4.74 Å². The van der Waals surface area contributed by atoms with E-state index in [0.29, 0.717) is 0 Å². The van der Waals surface area contributed by atoms with E-state index in [1.54, 1.807) is 7.11 Å². The highest BCUT2D eigenvalue weighted by Gasteiger charge is 2.24. The average molecular weight is 247 g/mol. The van der Waals surface area contributed by atoms with Crippen LogP contribution >= 0.6 is 0 Å². The normalized spacial score (nSPS) is 17.9. The lowest BCUT2D eigenvalue weighted by atomic mass is 9.85. The third-order valence-electron chi connectivity index (χ3n) is 4.14. The first-order chi connectivity index (χ1) is 8.63. The van der Waals surface area contributed by atoms with Gasteiger partial charge in [-0.3, -0.25) is 0 Å². The van der Waals surface area contributed by atoms with E-state index in [-0.39, 0.29) is 5.60 Å². The van der Waals surface area contributed by atoms with Gasteiger partial charge < -0.3 is 10.1 Å². The van der Waals surface area contributed by atoms with Crippen molar-refractivity contribution < 1.29 is 4.74 Å². The molecule has 1 aliphatic heterocycles. The van der Waals surface area contributed by atoms with Crippen molar-refractivity contribution in [3.63, 3.8) is 0 Å². The third-order valence-corrected chi connectivity index (χ3v) is 4.14. The minimum Gasteiger partial charge on any atom is -0.374 e. The first-order valence-electron chi connectivity index (χ1n) is 6.98. The number of hydrogen-bond acceptors (Lipinski definition) is 2. The Hall–Kier alpha value is -0.860. The van der Waals surface area contributed by atoms with E-state index in [2.05, 4.69) is 43.4 Å². The highest BCUT2D eigenvalue weighted by Crippen LogP contribution is 2.29. The van der Waals surface area contributed by atoms with Crippen molar-refractivity contribution in [1.82, 2.24) is 5.32 Å². The summed E-state index contributed by atoms with van der Waals surface area (Å²) >= 11 is 0. The summed E-state index contributed by atoms with van der Waals surface area (Å²) in [5.41, 5.74) is 2.60. The Balaban J connectivity index is 2.16. The molecular weight excluding hydrogens is 222 g/mol. The average Bonchev–Trinajstić information content (AvgIpc) is 2.40. The Bertz CT molecular complexity index is 380. The number of methoxy groups -OCH3 is 1. The second kappa shape index (κ2) is 5.85. The van der Waals surface area contributed by atoms with E-state index >= 15 is 0 Å². The lowest BCUT2D eigenvalue weighted by Crippen LogP contribution is -2.29. The molecule has 1 fully saturated rings.